The van der Waals surface area contributed by atoms with Crippen molar-refractivity contribution in [3.8, 4) is 11.8 Å². The molecule has 1 saturated carbocycles. The van der Waals surface area contributed by atoms with Gasteiger partial charge in [0.05, 0.1) is 13.1 Å². The molecule has 1 aliphatic carbocycles. The van der Waals surface area contributed by atoms with Crippen molar-refractivity contribution in [1.29, 1.82) is 0 Å². The van der Waals surface area contributed by atoms with E-state index in [4.69, 9.17) is 0 Å². The summed E-state index contributed by atoms with van der Waals surface area (Å²) >= 11 is 0. The molecule has 2 fully saturated rings. The lowest BCUT2D eigenvalue weighted by molar-refractivity contribution is -0.879. The first kappa shape index (κ1) is 14.6. The minimum atomic E-state index is -0.947. The van der Waals surface area contributed by atoms with Crippen molar-refractivity contribution < 1.29 is 10.0 Å². The molecule has 1 saturated heterocycles. The SMILES string of the molecule is O[C@](C#CC[NH+]1CCCC1)(c1ccccc1)C1CCCC1. The van der Waals surface area contributed by atoms with Crippen molar-refractivity contribution >= 4 is 0 Å². The Kier molecular flexibility index (Phi) is 4.63. The van der Waals surface area contributed by atoms with Gasteiger partial charge in [-0.3, -0.25) is 0 Å². The Morgan fingerprint density at radius 2 is 1.71 bits per heavy atom. The van der Waals surface area contributed by atoms with Crippen LogP contribution in [0.4, 0.5) is 0 Å². The molecule has 0 unspecified atom stereocenters. The van der Waals surface area contributed by atoms with Crippen LogP contribution in [-0.4, -0.2) is 24.7 Å². The monoisotopic (exact) mass is 284 g/mol. The maximum Gasteiger partial charge on any atom is 0.153 e. The third-order valence-corrected chi connectivity index (χ3v) is 5.09. The highest BCUT2D eigenvalue weighted by Gasteiger charge is 2.38. The minimum Gasteiger partial charge on any atom is -0.373 e. The highest BCUT2D eigenvalue weighted by Crippen LogP contribution is 2.40. The fourth-order valence-electron chi connectivity index (χ4n) is 3.80. The van der Waals surface area contributed by atoms with E-state index in [-0.39, 0.29) is 0 Å². The molecule has 112 valence electrons. The molecule has 3 rings (SSSR count). The van der Waals surface area contributed by atoms with Gasteiger partial charge in [0.15, 0.2) is 5.60 Å². The number of likely N-dealkylation sites (tertiary alicyclic amines) is 1. The first-order valence-corrected chi connectivity index (χ1v) is 8.40. The average Bonchev–Trinajstić information content (AvgIpc) is 3.21. The van der Waals surface area contributed by atoms with Crippen LogP contribution in [0.15, 0.2) is 30.3 Å². The summed E-state index contributed by atoms with van der Waals surface area (Å²) in [6.07, 6.45) is 7.27. The zero-order valence-electron chi connectivity index (χ0n) is 12.8. The number of rotatable bonds is 3. The molecule has 2 heteroatoms. The fourth-order valence-corrected chi connectivity index (χ4v) is 3.80. The van der Waals surface area contributed by atoms with Crippen LogP contribution in [0.2, 0.25) is 0 Å². The topological polar surface area (TPSA) is 24.7 Å². The van der Waals surface area contributed by atoms with Gasteiger partial charge in [-0.2, -0.15) is 0 Å². The second-order valence-corrected chi connectivity index (χ2v) is 6.55. The Morgan fingerprint density at radius 1 is 1.05 bits per heavy atom. The van der Waals surface area contributed by atoms with Crippen LogP contribution in [-0.2, 0) is 5.60 Å². The van der Waals surface area contributed by atoms with Crippen molar-refractivity contribution in [2.75, 3.05) is 19.6 Å². The molecule has 1 aromatic carbocycles. The van der Waals surface area contributed by atoms with Crippen LogP contribution in [0.25, 0.3) is 0 Å². The quantitative estimate of drug-likeness (QED) is 0.812. The average molecular weight is 284 g/mol. The van der Waals surface area contributed by atoms with Crippen LogP contribution >= 0.6 is 0 Å². The summed E-state index contributed by atoms with van der Waals surface area (Å²) < 4.78 is 0. The zero-order valence-corrected chi connectivity index (χ0v) is 12.8. The highest BCUT2D eigenvalue weighted by atomic mass is 16.3. The number of quaternary nitrogens is 1. The predicted molar refractivity (Wildman–Crippen MR) is 84.9 cm³/mol. The number of aliphatic hydroxyl groups is 1. The first-order valence-electron chi connectivity index (χ1n) is 8.40. The first-order chi connectivity index (χ1) is 10.3. The van der Waals surface area contributed by atoms with Crippen LogP contribution in [0.5, 0.6) is 0 Å². The van der Waals surface area contributed by atoms with E-state index in [1.165, 1.54) is 38.8 Å². The highest BCUT2D eigenvalue weighted by molar-refractivity contribution is 5.33. The van der Waals surface area contributed by atoms with Gasteiger partial charge in [-0.25, -0.2) is 0 Å². The second kappa shape index (κ2) is 6.64. The molecular weight excluding hydrogens is 258 g/mol. The van der Waals surface area contributed by atoms with E-state index in [0.717, 1.165) is 24.9 Å². The van der Waals surface area contributed by atoms with Gasteiger partial charge in [0.1, 0.15) is 6.54 Å². The van der Waals surface area contributed by atoms with Gasteiger partial charge < -0.3 is 10.0 Å². The van der Waals surface area contributed by atoms with Gasteiger partial charge in [-0.05, 0) is 24.3 Å². The number of benzene rings is 1. The predicted octanol–water partition coefficient (Wildman–Crippen LogP) is 1.75. The largest absolute Gasteiger partial charge is 0.373 e. The summed E-state index contributed by atoms with van der Waals surface area (Å²) in [7, 11) is 0. The molecule has 2 aliphatic rings. The van der Waals surface area contributed by atoms with Gasteiger partial charge in [-0.1, -0.05) is 49.1 Å². The van der Waals surface area contributed by atoms with E-state index in [2.05, 4.69) is 11.8 Å². The van der Waals surface area contributed by atoms with Gasteiger partial charge in [-0.15, -0.1) is 0 Å². The molecule has 2 nitrogen and oxygen atoms in total. The summed E-state index contributed by atoms with van der Waals surface area (Å²) in [6.45, 7) is 3.35. The van der Waals surface area contributed by atoms with Crippen molar-refractivity contribution in [2.45, 2.75) is 44.1 Å². The normalized spacial score (nSPS) is 22.7. The van der Waals surface area contributed by atoms with E-state index in [0.29, 0.717) is 5.92 Å². The molecule has 0 amide bonds. The molecule has 1 atom stereocenters. The molecule has 21 heavy (non-hydrogen) atoms. The van der Waals surface area contributed by atoms with E-state index in [1.54, 1.807) is 4.90 Å². The Morgan fingerprint density at radius 3 is 2.38 bits per heavy atom. The number of hydrogen-bond acceptors (Lipinski definition) is 1. The Labute approximate surface area is 128 Å². The maximum absolute atomic E-state index is 11.3. The number of nitrogens with one attached hydrogen (secondary N) is 1. The number of hydrogen-bond donors (Lipinski definition) is 2. The van der Waals surface area contributed by atoms with Crippen molar-refractivity contribution in [1.82, 2.24) is 0 Å². The Hall–Kier alpha value is -1.30. The summed E-state index contributed by atoms with van der Waals surface area (Å²) in [6, 6.07) is 10.1. The molecule has 1 heterocycles. The van der Waals surface area contributed by atoms with Gasteiger partial charge in [0, 0.05) is 18.8 Å². The second-order valence-electron chi connectivity index (χ2n) is 6.55. The van der Waals surface area contributed by atoms with E-state index in [9.17, 15) is 5.11 Å². The molecule has 0 radical (unpaired) electrons. The lowest BCUT2D eigenvalue weighted by atomic mass is 9.80. The molecule has 1 aromatic rings. The molecular formula is C19H26NO+. The van der Waals surface area contributed by atoms with Gasteiger partial charge in [0.2, 0.25) is 0 Å². The van der Waals surface area contributed by atoms with Crippen molar-refractivity contribution in [2.24, 2.45) is 5.92 Å². The molecule has 0 aromatic heterocycles. The summed E-state index contributed by atoms with van der Waals surface area (Å²) in [5.41, 5.74) is 0.0255. The fraction of sp³-hybridized carbons (Fsp3) is 0.579. The molecule has 0 bridgehead atoms. The van der Waals surface area contributed by atoms with Gasteiger partial charge >= 0.3 is 0 Å². The molecule has 2 N–H and O–H groups in total. The lowest BCUT2D eigenvalue weighted by Gasteiger charge is -2.29. The van der Waals surface area contributed by atoms with E-state index >= 15 is 0 Å². The summed E-state index contributed by atoms with van der Waals surface area (Å²) in [5, 5.41) is 11.3. The zero-order chi connectivity index (χ0) is 14.5. The van der Waals surface area contributed by atoms with Gasteiger partial charge in [0.25, 0.3) is 0 Å². The van der Waals surface area contributed by atoms with E-state index < -0.39 is 5.60 Å². The lowest BCUT2D eigenvalue weighted by Crippen LogP contribution is -3.09. The summed E-state index contributed by atoms with van der Waals surface area (Å²) in [5.74, 6) is 6.86. The summed E-state index contributed by atoms with van der Waals surface area (Å²) in [4.78, 5) is 1.57. The third-order valence-electron chi connectivity index (χ3n) is 5.09. The maximum atomic E-state index is 11.3. The van der Waals surface area contributed by atoms with E-state index in [1.807, 2.05) is 30.3 Å². The third kappa shape index (κ3) is 3.31. The van der Waals surface area contributed by atoms with Crippen molar-refractivity contribution in [3.63, 3.8) is 0 Å². The van der Waals surface area contributed by atoms with Crippen molar-refractivity contribution in [3.05, 3.63) is 35.9 Å². The standard InChI is InChI=1S/C19H25NO/c21-19(18-11-4-5-12-18,17-9-2-1-3-10-17)13-8-16-20-14-6-7-15-20/h1-3,9-10,18,21H,4-7,11-12,14-16H2/p+1/t19-/m1/s1. The molecule has 0 spiro atoms. The van der Waals surface area contributed by atoms with Crippen LogP contribution in [0, 0.1) is 17.8 Å². The Balaban J connectivity index is 1.80. The minimum absolute atomic E-state index is 0.293. The van der Waals surface area contributed by atoms with Crippen LogP contribution < -0.4 is 4.90 Å². The smallest absolute Gasteiger partial charge is 0.153 e. The molecule has 1 aliphatic heterocycles. The Bertz CT molecular complexity index is 503. The van der Waals surface area contributed by atoms with Crippen LogP contribution in [0.1, 0.15) is 44.1 Å². The van der Waals surface area contributed by atoms with Crippen LogP contribution in [0.3, 0.4) is 0 Å².